The van der Waals surface area contributed by atoms with Crippen molar-refractivity contribution in [2.45, 2.75) is 29.7 Å². The first-order valence-corrected chi connectivity index (χ1v) is 8.08. The second-order valence-corrected chi connectivity index (χ2v) is 6.18. The van der Waals surface area contributed by atoms with Crippen molar-refractivity contribution in [3.63, 3.8) is 0 Å². The van der Waals surface area contributed by atoms with Crippen molar-refractivity contribution in [3.05, 3.63) is 53.2 Å². The minimum Gasteiger partial charge on any atom is -0.496 e. The van der Waals surface area contributed by atoms with E-state index in [1.165, 1.54) is 0 Å². The first-order chi connectivity index (χ1) is 10.2. The standard InChI is InChI=1S/C16H19ClN2OS/c1-3-13(18)15(11-7-4-5-9-14(11)20-2)21-16-12(17)8-6-10-19-16/h4-10,13,15H,3,18H2,1-2H3. The summed E-state index contributed by atoms with van der Waals surface area (Å²) in [6.07, 6.45) is 2.60. The number of methoxy groups -OCH3 is 1. The number of rotatable bonds is 6. The molecule has 2 atom stereocenters. The highest BCUT2D eigenvalue weighted by Crippen LogP contribution is 2.42. The largest absolute Gasteiger partial charge is 0.496 e. The molecule has 1 aromatic heterocycles. The number of hydrogen-bond donors (Lipinski definition) is 1. The van der Waals surface area contributed by atoms with Crippen LogP contribution in [0.5, 0.6) is 5.75 Å². The molecule has 2 N–H and O–H groups in total. The van der Waals surface area contributed by atoms with Gasteiger partial charge in [-0.25, -0.2) is 4.98 Å². The summed E-state index contributed by atoms with van der Waals surface area (Å²) in [7, 11) is 1.67. The molecule has 0 aliphatic heterocycles. The molecule has 0 bridgehead atoms. The number of nitrogens with two attached hydrogens (primary N) is 1. The van der Waals surface area contributed by atoms with E-state index in [4.69, 9.17) is 22.1 Å². The molecular formula is C16H19ClN2OS. The van der Waals surface area contributed by atoms with Gasteiger partial charge in [-0.3, -0.25) is 0 Å². The van der Waals surface area contributed by atoms with Crippen LogP contribution >= 0.6 is 23.4 Å². The van der Waals surface area contributed by atoms with Crippen LogP contribution < -0.4 is 10.5 Å². The van der Waals surface area contributed by atoms with E-state index < -0.39 is 0 Å². The van der Waals surface area contributed by atoms with E-state index in [0.29, 0.717) is 5.02 Å². The molecule has 2 aromatic rings. The van der Waals surface area contributed by atoms with Gasteiger partial charge in [0.15, 0.2) is 0 Å². The Hall–Kier alpha value is -1.23. The van der Waals surface area contributed by atoms with Crippen LogP contribution in [0, 0.1) is 0 Å². The SMILES string of the molecule is CCC(N)C(Sc1ncccc1Cl)c1ccccc1OC. The Balaban J connectivity index is 2.37. The van der Waals surface area contributed by atoms with E-state index >= 15 is 0 Å². The molecule has 3 nitrogen and oxygen atoms in total. The Bertz CT molecular complexity index is 594. The van der Waals surface area contributed by atoms with Crippen molar-refractivity contribution in [3.8, 4) is 5.75 Å². The van der Waals surface area contributed by atoms with Crippen molar-refractivity contribution in [2.24, 2.45) is 5.73 Å². The summed E-state index contributed by atoms with van der Waals surface area (Å²) in [5.41, 5.74) is 7.39. The summed E-state index contributed by atoms with van der Waals surface area (Å²) in [4.78, 5) is 4.35. The number of aromatic nitrogens is 1. The van der Waals surface area contributed by atoms with Crippen LogP contribution in [-0.4, -0.2) is 18.1 Å². The van der Waals surface area contributed by atoms with Crippen molar-refractivity contribution in [2.75, 3.05) is 7.11 Å². The number of thioether (sulfide) groups is 1. The Morgan fingerprint density at radius 3 is 2.71 bits per heavy atom. The average molecular weight is 323 g/mol. The Morgan fingerprint density at radius 2 is 2.05 bits per heavy atom. The van der Waals surface area contributed by atoms with Gasteiger partial charge in [-0.2, -0.15) is 0 Å². The maximum atomic E-state index is 6.32. The van der Waals surface area contributed by atoms with E-state index in [9.17, 15) is 0 Å². The van der Waals surface area contributed by atoms with Gasteiger partial charge in [0.2, 0.25) is 0 Å². The quantitative estimate of drug-likeness (QED) is 0.805. The van der Waals surface area contributed by atoms with E-state index in [2.05, 4.69) is 11.9 Å². The average Bonchev–Trinajstić information content (AvgIpc) is 2.53. The van der Waals surface area contributed by atoms with Gasteiger partial charge < -0.3 is 10.5 Å². The molecule has 1 aromatic carbocycles. The van der Waals surface area contributed by atoms with Crippen molar-refractivity contribution in [1.29, 1.82) is 0 Å². The predicted molar refractivity (Wildman–Crippen MR) is 89.1 cm³/mol. The molecule has 0 saturated heterocycles. The second kappa shape index (κ2) is 7.69. The highest BCUT2D eigenvalue weighted by Gasteiger charge is 2.24. The molecule has 2 unspecified atom stereocenters. The van der Waals surface area contributed by atoms with Gasteiger partial charge in [0.05, 0.1) is 17.4 Å². The first kappa shape index (κ1) is 16.1. The lowest BCUT2D eigenvalue weighted by Crippen LogP contribution is -2.26. The van der Waals surface area contributed by atoms with E-state index in [0.717, 1.165) is 22.8 Å². The first-order valence-electron chi connectivity index (χ1n) is 6.83. The third-order valence-electron chi connectivity index (χ3n) is 3.27. The van der Waals surface area contributed by atoms with Crippen LogP contribution in [0.25, 0.3) is 0 Å². The lowest BCUT2D eigenvalue weighted by atomic mass is 10.0. The van der Waals surface area contributed by atoms with Crippen molar-refractivity contribution >= 4 is 23.4 Å². The smallest absolute Gasteiger partial charge is 0.123 e. The minimum atomic E-state index is -0.00984. The second-order valence-electron chi connectivity index (χ2n) is 4.64. The van der Waals surface area contributed by atoms with Gasteiger partial charge in [-0.05, 0) is 24.6 Å². The van der Waals surface area contributed by atoms with Gasteiger partial charge in [-0.1, -0.05) is 48.5 Å². The fraction of sp³-hybridized carbons (Fsp3) is 0.312. The molecule has 0 radical (unpaired) electrons. The van der Waals surface area contributed by atoms with Crippen molar-refractivity contribution < 1.29 is 4.74 Å². The van der Waals surface area contributed by atoms with Crippen LogP contribution in [0.1, 0.15) is 24.2 Å². The maximum absolute atomic E-state index is 6.32. The van der Waals surface area contributed by atoms with Crippen LogP contribution in [-0.2, 0) is 0 Å². The maximum Gasteiger partial charge on any atom is 0.123 e. The van der Waals surface area contributed by atoms with Gasteiger partial charge >= 0.3 is 0 Å². The predicted octanol–water partition coefficient (Wildman–Crippen LogP) is 4.31. The van der Waals surface area contributed by atoms with Crippen LogP contribution in [0.2, 0.25) is 5.02 Å². The Morgan fingerprint density at radius 1 is 1.29 bits per heavy atom. The Labute approximate surface area is 134 Å². The zero-order valence-electron chi connectivity index (χ0n) is 12.1. The third kappa shape index (κ3) is 3.90. The monoisotopic (exact) mass is 322 g/mol. The Kier molecular flexibility index (Phi) is 5.91. The summed E-state index contributed by atoms with van der Waals surface area (Å²) in [5, 5.41) is 1.48. The molecule has 0 spiro atoms. The van der Waals surface area contributed by atoms with Gasteiger partial charge in [0.25, 0.3) is 0 Å². The number of nitrogens with zero attached hydrogens (tertiary/aromatic N) is 1. The van der Waals surface area contributed by atoms with Crippen LogP contribution in [0.3, 0.4) is 0 Å². The molecular weight excluding hydrogens is 304 g/mol. The topological polar surface area (TPSA) is 48.1 Å². The zero-order valence-corrected chi connectivity index (χ0v) is 13.7. The summed E-state index contributed by atoms with van der Waals surface area (Å²) in [6.45, 7) is 2.08. The van der Waals surface area contributed by atoms with E-state index in [1.54, 1.807) is 25.1 Å². The summed E-state index contributed by atoms with van der Waals surface area (Å²) in [6, 6.07) is 11.6. The number of para-hydroxylation sites is 1. The number of pyridine rings is 1. The zero-order chi connectivity index (χ0) is 15.2. The van der Waals surface area contributed by atoms with Crippen molar-refractivity contribution in [1.82, 2.24) is 4.98 Å². The molecule has 0 aliphatic carbocycles. The molecule has 2 rings (SSSR count). The lowest BCUT2D eigenvalue weighted by Gasteiger charge is -2.24. The molecule has 5 heteroatoms. The van der Waals surface area contributed by atoms with E-state index in [-0.39, 0.29) is 11.3 Å². The minimum absolute atomic E-state index is 0.00984. The number of halogens is 1. The number of benzene rings is 1. The third-order valence-corrected chi connectivity index (χ3v) is 5.09. The molecule has 21 heavy (non-hydrogen) atoms. The van der Waals surface area contributed by atoms with Gasteiger partial charge in [0, 0.05) is 17.8 Å². The van der Waals surface area contributed by atoms with E-state index in [1.807, 2.05) is 36.4 Å². The molecule has 0 fully saturated rings. The normalized spacial score (nSPS) is 13.7. The molecule has 112 valence electrons. The summed E-state index contributed by atoms with van der Waals surface area (Å²) < 4.78 is 5.47. The van der Waals surface area contributed by atoms with Crippen LogP contribution in [0.15, 0.2) is 47.6 Å². The lowest BCUT2D eigenvalue weighted by molar-refractivity contribution is 0.407. The molecule has 0 amide bonds. The number of ether oxygens (including phenoxy) is 1. The van der Waals surface area contributed by atoms with Gasteiger partial charge in [-0.15, -0.1) is 0 Å². The fourth-order valence-electron chi connectivity index (χ4n) is 2.08. The van der Waals surface area contributed by atoms with Gasteiger partial charge in [0.1, 0.15) is 10.8 Å². The highest BCUT2D eigenvalue weighted by atomic mass is 35.5. The summed E-state index contributed by atoms with van der Waals surface area (Å²) in [5.74, 6) is 0.839. The number of hydrogen-bond acceptors (Lipinski definition) is 4. The highest BCUT2D eigenvalue weighted by molar-refractivity contribution is 7.99. The summed E-state index contributed by atoms with van der Waals surface area (Å²) >= 11 is 7.80. The molecule has 0 saturated carbocycles. The fourth-order valence-corrected chi connectivity index (χ4v) is 3.56. The van der Waals surface area contributed by atoms with Crippen LogP contribution in [0.4, 0.5) is 0 Å². The molecule has 1 heterocycles. The molecule has 0 aliphatic rings.